The smallest absolute Gasteiger partial charge is 0.257 e. The molecular formula is C29H40N4O4S2. The third-order valence-corrected chi connectivity index (χ3v) is 11.6. The molecule has 1 saturated carbocycles. The fourth-order valence-corrected chi connectivity index (χ4v) is 8.69. The lowest BCUT2D eigenvalue weighted by Crippen LogP contribution is -2.38. The molecule has 1 aromatic heterocycles. The van der Waals surface area contributed by atoms with Crippen LogP contribution in [0.2, 0.25) is 0 Å². The van der Waals surface area contributed by atoms with Gasteiger partial charge in [0.15, 0.2) is 0 Å². The highest BCUT2D eigenvalue weighted by atomic mass is 32.2. The van der Waals surface area contributed by atoms with Gasteiger partial charge in [-0.2, -0.15) is 4.31 Å². The summed E-state index contributed by atoms with van der Waals surface area (Å²) in [5, 5.41) is 3.62. The number of rotatable bonds is 7. The van der Waals surface area contributed by atoms with E-state index in [1.165, 1.54) is 27.8 Å². The number of thiophene rings is 1. The van der Waals surface area contributed by atoms with Gasteiger partial charge in [-0.1, -0.05) is 19.3 Å². The van der Waals surface area contributed by atoms with Crippen LogP contribution < -0.4 is 5.32 Å². The Kier molecular flexibility index (Phi) is 8.47. The third-order valence-electron chi connectivity index (χ3n) is 8.53. The van der Waals surface area contributed by atoms with Gasteiger partial charge >= 0.3 is 0 Å². The lowest BCUT2D eigenvalue weighted by molar-refractivity contribution is 0.0792. The lowest BCUT2D eigenvalue weighted by Gasteiger charge is -2.30. The molecular weight excluding hydrogens is 532 g/mol. The molecule has 3 heterocycles. The summed E-state index contributed by atoms with van der Waals surface area (Å²) in [5.41, 5.74) is 2.07. The number of likely N-dealkylation sites (tertiary alicyclic amines) is 1. The molecule has 0 radical (unpaired) electrons. The van der Waals surface area contributed by atoms with Crippen LogP contribution in [0.4, 0.5) is 5.00 Å². The summed E-state index contributed by atoms with van der Waals surface area (Å²) in [6.45, 7) is 7.51. The summed E-state index contributed by atoms with van der Waals surface area (Å²) in [6, 6.07) is 6.58. The zero-order valence-electron chi connectivity index (χ0n) is 23.2. The topological polar surface area (TPSA) is 90.0 Å². The average molecular weight is 573 g/mol. The van der Waals surface area contributed by atoms with Crippen molar-refractivity contribution in [3.63, 3.8) is 0 Å². The summed E-state index contributed by atoms with van der Waals surface area (Å²) in [6.07, 6.45) is 7.82. The van der Waals surface area contributed by atoms with Crippen LogP contribution >= 0.6 is 11.3 Å². The van der Waals surface area contributed by atoms with E-state index in [4.69, 9.17) is 0 Å². The maximum Gasteiger partial charge on any atom is 0.257 e. The molecule has 1 N–H and O–H groups in total. The number of fused-ring (bicyclic) bond motifs is 1. The molecule has 39 heavy (non-hydrogen) atoms. The van der Waals surface area contributed by atoms with Gasteiger partial charge in [-0.3, -0.25) is 14.5 Å². The molecule has 2 amide bonds. The molecule has 0 bridgehead atoms. The molecule has 0 spiro atoms. The number of benzene rings is 1. The predicted octanol–water partition coefficient (Wildman–Crippen LogP) is 4.96. The minimum absolute atomic E-state index is 0.00508. The van der Waals surface area contributed by atoms with Crippen LogP contribution in [0.25, 0.3) is 0 Å². The monoisotopic (exact) mass is 572 g/mol. The van der Waals surface area contributed by atoms with Gasteiger partial charge in [-0.25, -0.2) is 8.42 Å². The van der Waals surface area contributed by atoms with E-state index >= 15 is 0 Å². The Labute approximate surface area is 236 Å². The van der Waals surface area contributed by atoms with Crippen LogP contribution in [0.5, 0.6) is 0 Å². The fraction of sp³-hybridized carbons (Fsp3) is 0.586. The van der Waals surface area contributed by atoms with E-state index in [1.54, 1.807) is 19.2 Å². The molecule has 2 aliphatic heterocycles. The molecule has 212 valence electrons. The molecule has 8 nitrogen and oxygen atoms in total. The van der Waals surface area contributed by atoms with Crippen molar-refractivity contribution in [3.8, 4) is 0 Å². The van der Waals surface area contributed by atoms with Gasteiger partial charge in [0, 0.05) is 55.8 Å². The molecule has 2 fully saturated rings. The second kappa shape index (κ2) is 11.7. The van der Waals surface area contributed by atoms with Crippen LogP contribution in [-0.2, 0) is 23.0 Å². The number of hydrogen-bond acceptors (Lipinski definition) is 6. The highest BCUT2D eigenvalue weighted by Gasteiger charge is 2.33. The molecule has 0 atom stereocenters. The molecule has 1 aromatic carbocycles. The van der Waals surface area contributed by atoms with E-state index in [-0.39, 0.29) is 22.8 Å². The molecule has 2 aromatic rings. The van der Waals surface area contributed by atoms with E-state index in [0.29, 0.717) is 22.2 Å². The minimum atomic E-state index is -3.63. The Morgan fingerprint density at radius 2 is 1.67 bits per heavy atom. The normalized spacial score (nSPS) is 19.1. The van der Waals surface area contributed by atoms with Crippen LogP contribution in [0, 0.1) is 0 Å². The minimum Gasteiger partial charge on any atom is -0.339 e. The third kappa shape index (κ3) is 5.80. The number of carbonyl (C=O) groups excluding carboxylic acids is 2. The molecule has 10 heteroatoms. The second-order valence-corrected chi connectivity index (χ2v) is 14.4. The van der Waals surface area contributed by atoms with Gasteiger partial charge < -0.3 is 10.2 Å². The summed E-state index contributed by atoms with van der Waals surface area (Å²) >= 11 is 1.50. The van der Waals surface area contributed by atoms with Crippen LogP contribution in [0.1, 0.15) is 89.9 Å². The lowest BCUT2D eigenvalue weighted by atomic mass is 9.96. The first-order valence-electron chi connectivity index (χ1n) is 14.2. The Hall–Kier alpha value is -2.27. The number of amides is 2. The van der Waals surface area contributed by atoms with Gasteiger partial charge in [-0.05, 0) is 75.8 Å². The van der Waals surface area contributed by atoms with Crippen molar-refractivity contribution in [2.24, 2.45) is 0 Å². The van der Waals surface area contributed by atoms with Gasteiger partial charge in [0.25, 0.3) is 11.8 Å². The van der Waals surface area contributed by atoms with Gasteiger partial charge in [0.1, 0.15) is 5.00 Å². The van der Waals surface area contributed by atoms with Crippen LogP contribution in [-0.4, -0.2) is 73.1 Å². The maximum absolute atomic E-state index is 13.6. The fourth-order valence-electron chi connectivity index (χ4n) is 6.02. The number of anilines is 1. The largest absolute Gasteiger partial charge is 0.339 e. The number of hydrogen-bond donors (Lipinski definition) is 1. The molecule has 0 unspecified atom stereocenters. The summed E-state index contributed by atoms with van der Waals surface area (Å²) in [7, 11) is -1.98. The van der Waals surface area contributed by atoms with Crippen molar-refractivity contribution in [1.82, 2.24) is 14.1 Å². The van der Waals surface area contributed by atoms with Crippen molar-refractivity contribution >= 4 is 38.2 Å². The average Bonchev–Trinajstić information content (AvgIpc) is 3.60. The van der Waals surface area contributed by atoms with Gasteiger partial charge in [0.05, 0.1) is 10.5 Å². The van der Waals surface area contributed by atoms with Crippen molar-refractivity contribution in [1.29, 1.82) is 0 Å². The summed E-state index contributed by atoms with van der Waals surface area (Å²) < 4.78 is 27.9. The van der Waals surface area contributed by atoms with E-state index in [2.05, 4.69) is 24.1 Å². The SMILES string of the molecule is CC(C)N1CCc2c(sc(NC(=O)c3ccc(S(=O)(=O)N(C)C4CCCCC4)cc3)c2C(=O)N2CCCC2)C1. The van der Waals surface area contributed by atoms with Crippen molar-refractivity contribution in [2.75, 3.05) is 32.0 Å². The van der Waals surface area contributed by atoms with E-state index in [1.807, 2.05) is 4.90 Å². The first-order chi connectivity index (χ1) is 18.7. The summed E-state index contributed by atoms with van der Waals surface area (Å²) in [5.74, 6) is -0.333. The highest BCUT2D eigenvalue weighted by Crippen LogP contribution is 2.39. The number of nitrogens with zero attached hydrogens (tertiary/aromatic N) is 3. The standard InChI is InChI=1S/C29H40N4O4S2/c1-20(2)33-18-15-24-25(19-33)38-28(26(24)29(35)32-16-7-8-17-32)30-27(34)21-11-13-23(14-12-21)39(36,37)31(3)22-9-5-4-6-10-22/h11-14,20,22H,4-10,15-19H2,1-3H3,(H,30,34). The predicted molar refractivity (Wildman–Crippen MR) is 155 cm³/mol. The zero-order valence-corrected chi connectivity index (χ0v) is 24.9. The van der Waals surface area contributed by atoms with Crippen LogP contribution in [0.15, 0.2) is 29.2 Å². The second-order valence-electron chi connectivity index (χ2n) is 11.3. The molecule has 5 rings (SSSR count). The van der Waals surface area contributed by atoms with Gasteiger partial charge in [0.2, 0.25) is 10.0 Å². The Balaban J connectivity index is 1.37. The number of sulfonamides is 1. The first-order valence-corrected chi connectivity index (χ1v) is 16.5. The van der Waals surface area contributed by atoms with Crippen LogP contribution in [0.3, 0.4) is 0 Å². The molecule has 1 aliphatic carbocycles. The van der Waals surface area contributed by atoms with Crippen molar-refractivity contribution in [2.45, 2.75) is 88.7 Å². The number of nitrogens with one attached hydrogen (secondary N) is 1. The van der Waals surface area contributed by atoms with Crippen molar-refractivity contribution < 1.29 is 18.0 Å². The molecule has 1 saturated heterocycles. The summed E-state index contributed by atoms with van der Waals surface area (Å²) in [4.78, 5) is 32.5. The van der Waals surface area contributed by atoms with E-state index < -0.39 is 10.0 Å². The number of carbonyl (C=O) groups is 2. The Morgan fingerprint density at radius 1 is 1.00 bits per heavy atom. The van der Waals surface area contributed by atoms with Gasteiger partial charge in [-0.15, -0.1) is 11.3 Å². The zero-order chi connectivity index (χ0) is 27.7. The van der Waals surface area contributed by atoms with E-state index in [0.717, 1.165) is 88.0 Å². The first kappa shape index (κ1) is 28.3. The molecule has 3 aliphatic rings. The highest BCUT2D eigenvalue weighted by molar-refractivity contribution is 7.89. The van der Waals surface area contributed by atoms with Crippen molar-refractivity contribution in [3.05, 3.63) is 45.8 Å². The maximum atomic E-state index is 13.6. The Bertz CT molecular complexity index is 1310. The van der Waals surface area contributed by atoms with E-state index in [9.17, 15) is 18.0 Å². The Morgan fingerprint density at radius 3 is 2.31 bits per heavy atom. The quantitative estimate of drug-likeness (QED) is 0.507.